The number of nitrogens with two attached hydrogens (primary N) is 1. The van der Waals surface area contributed by atoms with E-state index in [9.17, 15) is 4.79 Å². The Morgan fingerprint density at radius 2 is 2.18 bits per heavy atom. The van der Waals surface area contributed by atoms with Crippen molar-refractivity contribution >= 4 is 17.7 Å². The van der Waals surface area contributed by atoms with Crippen molar-refractivity contribution < 1.29 is 9.53 Å². The average molecular weight is 236 g/mol. The lowest BCUT2D eigenvalue weighted by Crippen LogP contribution is -2.46. The zero-order valence-electron chi connectivity index (χ0n) is 10.1. The maximum absolute atomic E-state index is 11.7. The summed E-state index contributed by atoms with van der Waals surface area (Å²) in [4.78, 5) is 12.8. The molecule has 2 amide bonds. The summed E-state index contributed by atoms with van der Waals surface area (Å²) < 4.78 is 5.18. The molecule has 0 spiro atoms. The predicted octanol–water partition coefficient (Wildman–Crippen LogP) is 1.04. The van der Waals surface area contributed by atoms with Crippen molar-refractivity contribution in [3.05, 3.63) is 23.8 Å². The third-order valence-electron chi connectivity index (χ3n) is 2.30. The number of guanidine groups is 1. The minimum absolute atomic E-state index is 0.364. The number of aryl methyl sites for hydroxylation is 1. The number of carbonyl (C=O) groups is 1. The second-order valence-electron chi connectivity index (χ2n) is 3.40. The second kappa shape index (κ2) is 5.20. The fourth-order valence-electron chi connectivity index (χ4n) is 1.53. The molecule has 1 aromatic rings. The fraction of sp³-hybridized carbons (Fsp3) is 0.273. The van der Waals surface area contributed by atoms with Crippen LogP contribution in [0, 0.1) is 12.3 Å². The first-order valence-electron chi connectivity index (χ1n) is 5.02. The summed E-state index contributed by atoms with van der Waals surface area (Å²) in [5, 5.41) is 9.91. The molecule has 0 aromatic heterocycles. The summed E-state index contributed by atoms with van der Waals surface area (Å²) >= 11 is 0. The SMILES string of the molecule is CNC(=O)N(C(=N)N)c1c(C)cccc1OC. The number of ether oxygens (including phenoxy) is 1. The third kappa shape index (κ3) is 2.47. The molecule has 4 N–H and O–H groups in total. The van der Waals surface area contributed by atoms with Crippen LogP contribution in [-0.2, 0) is 0 Å². The summed E-state index contributed by atoms with van der Waals surface area (Å²) in [5.41, 5.74) is 6.70. The molecule has 17 heavy (non-hydrogen) atoms. The van der Waals surface area contributed by atoms with Crippen LogP contribution in [0.3, 0.4) is 0 Å². The van der Waals surface area contributed by atoms with E-state index >= 15 is 0 Å². The number of amides is 2. The standard InChI is InChI=1S/C11H16N4O2/c1-7-5-4-6-8(17-3)9(7)15(10(12)13)11(16)14-2/h4-6H,1-3H3,(H3,12,13)(H,14,16). The summed E-state index contributed by atoms with van der Waals surface area (Å²) in [5.74, 6) is 0.126. The van der Waals surface area contributed by atoms with Crippen molar-refractivity contribution in [3.8, 4) is 5.75 Å². The molecular formula is C11H16N4O2. The van der Waals surface area contributed by atoms with Gasteiger partial charge in [0.1, 0.15) is 5.75 Å². The van der Waals surface area contributed by atoms with Crippen molar-refractivity contribution in [2.75, 3.05) is 19.1 Å². The highest BCUT2D eigenvalue weighted by atomic mass is 16.5. The average Bonchev–Trinajstić information content (AvgIpc) is 2.30. The highest BCUT2D eigenvalue weighted by molar-refractivity contribution is 6.15. The van der Waals surface area contributed by atoms with Gasteiger partial charge in [-0.2, -0.15) is 0 Å². The van der Waals surface area contributed by atoms with Crippen molar-refractivity contribution in [2.24, 2.45) is 5.73 Å². The van der Waals surface area contributed by atoms with Gasteiger partial charge in [-0.25, -0.2) is 9.69 Å². The molecule has 0 bridgehead atoms. The number of benzene rings is 1. The normalized spacial score (nSPS) is 9.59. The fourth-order valence-corrected chi connectivity index (χ4v) is 1.53. The maximum Gasteiger partial charge on any atom is 0.328 e. The second-order valence-corrected chi connectivity index (χ2v) is 3.40. The van der Waals surface area contributed by atoms with E-state index in [-0.39, 0.29) is 5.96 Å². The Morgan fingerprint density at radius 1 is 1.53 bits per heavy atom. The minimum atomic E-state index is -0.481. The van der Waals surface area contributed by atoms with Gasteiger partial charge in [0.05, 0.1) is 12.8 Å². The highest BCUT2D eigenvalue weighted by Crippen LogP contribution is 2.31. The van der Waals surface area contributed by atoms with Crippen LogP contribution in [0.4, 0.5) is 10.5 Å². The number of carbonyl (C=O) groups excluding carboxylic acids is 1. The minimum Gasteiger partial charge on any atom is -0.495 e. The number of anilines is 1. The molecule has 0 unspecified atom stereocenters. The molecule has 0 heterocycles. The van der Waals surface area contributed by atoms with Crippen molar-refractivity contribution in [1.29, 1.82) is 5.41 Å². The Hall–Kier alpha value is -2.24. The van der Waals surface area contributed by atoms with E-state index in [1.807, 2.05) is 13.0 Å². The number of hydrogen-bond acceptors (Lipinski definition) is 3. The van der Waals surface area contributed by atoms with E-state index < -0.39 is 6.03 Å². The molecule has 6 heteroatoms. The smallest absolute Gasteiger partial charge is 0.328 e. The van der Waals surface area contributed by atoms with Crippen LogP contribution in [-0.4, -0.2) is 26.1 Å². The first-order chi connectivity index (χ1) is 8.02. The Bertz CT molecular complexity index is 445. The number of para-hydroxylation sites is 1. The number of nitrogens with one attached hydrogen (secondary N) is 2. The lowest BCUT2D eigenvalue weighted by Gasteiger charge is -2.23. The van der Waals surface area contributed by atoms with Crippen molar-refractivity contribution in [2.45, 2.75) is 6.92 Å². The number of nitrogens with zero attached hydrogens (tertiary/aromatic N) is 1. The van der Waals surface area contributed by atoms with Crippen LogP contribution in [0.25, 0.3) is 0 Å². The van der Waals surface area contributed by atoms with E-state index in [4.69, 9.17) is 15.9 Å². The van der Waals surface area contributed by atoms with Crippen LogP contribution in [0.1, 0.15) is 5.56 Å². The van der Waals surface area contributed by atoms with Gasteiger partial charge < -0.3 is 15.8 Å². The van der Waals surface area contributed by atoms with Gasteiger partial charge in [0.25, 0.3) is 0 Å². The number of rotatable bonds is 2. The molecule has 0 atom stereocenters. The van der Waals surface area contributed by atoms with Gasteiger partial charge in [-0.3, -0.25) is 5.41 Å². The Kier molecular flexibility index (Phi) is 3.92. The van der Waals surface area contributed by atoms with E-state index in [1.165, 1.54) is 14.2 Å². The van der Waals surface area contributed by atoms with Gasteiger partial charge in [0.2, 0.25) is 5.96 Å². The monoisotopic (exact) mass is 236 g/mol. The molecule has 0 saturated heterocycles. The van der Waals surface area contributed by atoms with Gasteiger partial charge in [-0.1, -0.05) is 12.1 Å². The molecule has 0 aliphatic rings. The first kappa shape index (κ1) is 12.8. The molecule has 0 aliphatic carbocycles. The van der Waals surface area contributed by atoms with Crippen LogP contribution < -0.4 is 20.7 Å². The molecule has 92 valence electrons. The molecular weight excluding hydrogens is 220 g/mol. The summed E-state index contributed by atoms with van der Waals surface area (Å²) in [6.45, 7) is 1.82. The van der Waals surface area contributed by atoms with Gasteiger partial charge in [-0.05, 0) is 18.6 Å². The number of urea groups is 1. The third-order valence-corrected chi connectivity index (χ3v) is 2.30. The van der Waals surface area contributed by atoms with E-state index in [2.05, 4.69) is 5.32 Å². The molecule has 1 aromatic carbocycles. The molecule has 0 fully saturated rings. The zero-order valence-corrected chi connectivity index (χ0v) is 10.1. The van der Waals surface area contributed by atoms with Crippen molar-refractivity contribution in [3.63, 3.8) is 0 Å². The number of methoxy groups -OCH3 is 1. The summed E-state index contributed by atoms with van der Waals surface area (Å²) in [7, 11) is 2.98. The Balaban J connectivity index is 3.37. The molecule has 0 saturated carbocycles. The zero-order chi connectivity index (χ0) is 13.0. The number of hydrogen-bond donors (Lipinski definition) is 3. The quantitative estimate of drug-likeness (QED) is 0.529. The summed E-state index contributed by atoms with van der Waals surface area (Å²) in [6.07, 6.45) is 0. The lowest BCUT2D eigenvalue weighted by molar-refractivity contribution is 0.250. The van der Waals surface area contributed by atoms with Crippen molar-refractivity contribution in [1.82, 2.24) is 5.32 Å². The Labute approximate surface area is 99.9 Å². The maximum atomic E-state index is 11.7. The molecule has 1 rings (SSSR count). The van der Waals surface area contributed by atoms with Crippen LogP contribution in [0.5, 0.6) is 5.75 Å². The summed E-state index contributed by atoms with van der Waals surface area (Å²) in [6, 6.07) is 4.85. The van der Waals surface area contributed by atoms with Gasteiger partial charge in [-0.15, -0.1) is 0 Å². The lowest BCUT2D eigenvalue weighted by atomic mass is 10.1. The topological polar surface area (TPSA) is 91.4 Å². The molecule has 0 aliphatic heterocycles. The first-order valence-corrected chi connectivity index (χ1v) is 5.02. The van der Waals surface area contributed by atoms with Gasteiger partial charge >= 0.3 is 6.03 Å². The van der Waals surface area contributed by atoms with E-state index in [0.717, 1.165) is 10.5 Å². The van der Waals surface area contributed by atoms with Crippen LogP contribution >= 0.6 is 0 Å². The molecule has 6 nitrogen and oxygen atoms in total. The van der Waals surface area contributed by atoms with E-state index in [0.29, 0.717) is 11.4 Å². The van der Waals surface area contributed by atoms with E-state index in [1.54, 1.807) is 12.1 Å². The highest BCUT2D eigenvalue weighted by Gasteiger charge is 2.22. The largest absolute Gasteiger partial charge is 0.495 e. The molecule has 0 radical (unpaired) electrons. The predicted molar refractivity (Wildman–Crippen MR) is 66.6 cm³/mol. The van der Waals surface area contributed by atoms with Gasteiger partial charge in [0.15, 0.2) is 0 Å². The Morgan fingerprint density at radius 3 is 2.65 bits per heavy atom. The van der Waals surface area contributed by atoms with Crippen LogP contribution in [0.15, 0.2) is 18.2 Å². The van der Waals surface area contributed by atoms with Gasteiger partial charge in [0, 0.05) is 7.05 Å². The van der Waals surface area contributed by atoms with Crippen LogP contribution in [0.2, 0.25) is 0 Å².